The normalized spacial score (nSPS) is 18.0. The third-order valence-corrected chi connectivity index (χ3v) is 6.34. The zero-order valence-corrected chi connectivity index (χ0v) is 18.2. The Morgan fingerprint density at radius 2 is 1.71 bits per heavy atom. The van der Waals surface area contributed by atoms with Crippen molar-refractivity contribution in [2.24, 2.45) is 4.99 Å². The van der Waals surface area contributed by atoms with E-state index in [-0.39, 0.29) is 11.5 Å². The molecule has 0 aliphatic carbocycles. The van der Waals surface area contributed by atoms with Crippen molar-refractivity contribution in [2.45, 2.75) is 38.0 Å². The fourth-order valence-corrected chi connectivity index (χ4v) is 4.69. The van der Waals surface area contributed by atoms with Gasteiger partial charge < -0.3 is 9.64 Å². The topological polar surface area (TPSA) is 41.9 Å². The quantitative estimate of drug-likeness (QED) is 0.629. The fraction of sp³-hybridized carbons (Fsp3) is 0.333. The number of hydrogen-bond donors (Lipinski definition) is 0. The number of likely N-dealkylation sites (tertiary alicyclic amines) is 1. The van der Waals surface area contributed by atoms with E-state index in [4.69, 9.17) is 9.73 Å². The largest absolute Gasteiger partial charge is 0.450 e. The Morgan fingerprint density at radius 1 is 1.03 bits per heavy atom. The van der Waals surface area contributed by atoms with Crippen molar-refractivity contribution in [3.8, 4) is 0 Å². The van der Waals surface area contributed by atoms with Gasteiger partial charge in [0.25, 0.3) is 0 Å². The first-order valence-electron chi connectivity index (χ1n) is 11.1. The van der Waals surface area contributed by atoms with Crippen molar-refractivity contribution in [1.82, 2.24) is 4.90 Å². The Labute approximate surface area is 185 Å². The van der Waals surface area contributed by atoms with E-state index in [2.05, 4.69) is 72.8 Å². The molecule has 0 N–H and O–H groups in total. The molecule has 2 aromatic rings. The Kier molecular flexibility index (Phi) is 6.66. The molecule has 31 heavy (non-hydrogen) atoms. The third-order valence-electron chi connectivity index (χ3n) is 6.34. The van der Waals surface area contributed by atoms with Crippen molar-refractivity contribution in [2.75, 3.05) is 19.7 Å². The average Bonchev–Trinajstić information content (AvgIpc) is 3.06. The van der Waals surface area contributed by atoms with Gasteiger partial charge in [0.15, 0.2) is 0 Å². The van der Waals surface area contributed by atoms with Crippen LogP contribution in [0.15, 0.2) is 89.6 Å². The van der Waals surface area contributed by atoms with Crippen molar-refractivity contribution in [3.63, 3.8) is 0 Å². The summed E-state index contributed by atoms with van der Waals surface area (Å²) in [4.78, 5) is 19.1. The second-order valence-corrected chi connectivity index (χ2v) is 8.22. The van der Waals surface area contributed by atoms with Gasteiger partial charge in [-0.05, 0) is 43.4 Å². The summed E-state index contributed by atoms with van der Waals surface area (Å²) >= 11 is 0. The summed E-state index contributed by atoms with van der Waals surface area (Å²) in [5, 5.41) is 0. The monoisotopic (exact) mass is 414 g/mol. The summed E-state index contributed by atoms with van der Waals surface area (Å²) in [6.07, 6.45) is 9.43. The Bertz CT molecular complexity index is 969. The van der Waals surface area contributed by atoms with Gasteiger partial charge in [-0.3, -0.25) is 4.99 Å². The Balaban J connectivity index is 1.60. The second kappa shape index (κ2) is 9.78. The molecule has 0 spiro atoms. The van der Waals surface area contributed by atoms with Gasteiger partial charge in [-0.1, -0.05) is 72.3 Å². The number of benzene rings is 2. The maximum atomic E-state index is 12.3. The van der Waals surface area contributed by atoms with E-state index in [0.29, 0.717) is 19.7 Å². The molecule has 0 bridgehead atoms. The van der Waals surface area contributed by atoms with Crippen LogP contribution in [0.2, 0.25) is 0 Å². The molecule has 160 valence electrons. The number of ether oxygens (including phenoxy) is 1. The van der Waals surface area contributed by atoms with Crippen molar-refractivity contribution in [1.29, 1.82) is 0 Å². The predicted octanol–water partition coefficient (Wildman–Crippen LogP) is 5.70. The average molecular weight is 415 g/mol. The molecule has 2 aliphatic rings. The first kappa shape index (κ1) is 21.1. The van der Waals surface area contributed by atoms with Crippen LogP contribution >= 0.6 is 0 Å². The summed E-state index contributed by atoms with van der Waals surface area (Å²) in [6.45, 7) is 3.61. The van der Waals surface area contributed by atoms with Crippen LogP contribution in [0, 0.1) is 0 Å². The Morgan fingerprint density at radius 3 is 2.39 bits per heavy atom. The third kappa shape index (κ3) is 4.79. The highest BCUT2D eigenvalue weighted by atomic mass is 16.6. The van der Waals surface area contributed by atoms with Crippen LogP contribution in [-0.4, -0.2) is 36.4 Å². The SMILES string of the molecule is CCOC(=O)N1CCC(C2=NC=CC=C(Cc3ccccc3)C2)(c2ccccc2)CC1. The molecule has 0 saturated carbocycles. The van der Waals surface area contributed by atoms with E-state index >= 15 is 0 Å². The number of nitrogens with zero attached hydrogens (tertiary/aromatic N) is 2. The number of amides is 1. The molecule has 2 aliphatic heterocycles. The summed E-state index contributed by atoms with van der Waals surface area (Å²) < 4.78 is 5.24. The predicted molar refractivity (Wildman–Crippen MR) is 125 cm³/mol. The molecule has 0 radical (unpaired) electrons. The van der Waals surface area contributed by atoms with Gasteiger partial charge in [0.1, 0.15) is 0 Å². The van der Waals surface area contributed by atoms with Crippen molar-refractivity contribution in [3.05, 3.63) is 95.7 Å². The van der Waals surface area contributed by atoms with E-state index < -0.39 is 0 Å². The maximum absolute atomic E-state index is 12.3. The molecule has 1 amide bonds. The highest BCUT2D eigenvalue weighted by Crippen LogP contribution is 2.40. The first-order valence-corrected chi connectivity index (χ1v) is 11.1. The van der Waals surface area contributed by atoms with Gasteiger partial charge in [0, 0.05) is 36.8 Å². The van der Waals surface area contributed by atoms with E-state index in [1.54, 1.807) is 0 Å². The molecule has 2 aromatic carbocycles. The summed E-state index contributed by atoms with van der Waals surface area (Å²) in [6, 6.07) is 21.3. The molecule has 1 fully saturated rings. The van der Waals surface area contributed by atoms with Crippen molar-refractivity contribution < 1.29 is 9.53 Å². The van der Waals surface area contributed by atoms with Crippen LogP contribution in [0.3, 0.4) is 0 Å². The van der Waals surface area contributed by atoms with Crippen LogP contribution in [0.5, 0.6) is 0 Å². The lowest BCUT2D eigenvalue weighted by Crippen LogP contribution is -2.49. The van der Waals surface area contributed by atoms with Gasteiger partial charge in [0.05, 0.1) is 6.61 Å². The zero-order valence-electron chi connectivity index (χ0n) is 18.2. The van der Waals surface area contributed by atoms with E-state index in [0.717, 1.165) is 25.7 Å². The number of allylic oxidation sites excluding steroid dienone is 3. The highest BCUT2D eigenvalue weighted by Gasteiger charge is 2.42. The van der Waals surface area contributed by atoms with Gasteiger partial charge in [-0.2, -0.15) is 0 Å². The van der Waals surface area contributed by atoms with E-state index in [1.807, 2.05) is 18.0 Å². The van der Waals surface area contributed by atoms with Crippen LogP contribution < -0.4 is 0 Å². The lowest BCUT2D eigenvalue weighted by atomic mass is 9.67. The molecule has 4 nitrogen and oxygen atoms in total. The minimum atomic E-state index is -0.212. The van der Waals surface area contributed by atoms with Crippen LogP contribution in [-0.2, 0) is 16.6 Å². The van der Waals surface area contributed by atoms with Gasteiger partial charge in [-0.25, -0.2) is 4.79 Å². The summed E-state index contributed by atoms with van der Waals surface area (Å²) in [5.74, 6) is 0. The van der Waals surface area contributed by atoms with Gasteiger partial charge >= 0.3 is 6.09 Å². The van der Waals surface area contributed by atoms with Crippen LogP contribution in [0.1, 0.15) is 37.3 Å². The van der Waals surface area contributed by atoms with Gasteiger partial charge in [-0.15, -0.1) is 0 Å². The number of rotatable bonds is 5. The molecular formula is C27H30N2O2. The molecule has 4 heteroatoms. The van der Waals surface area contributed by atoms with Crippen LogP contribution in [0.4, 0.5) is 4.79 Å². The number of aliphatic imine (C=N–C) groups is 1. The highest BCUT2D eigenvalue weighted by molar-refractivity contribution is 5.97. The van der Waals surface area contributed by atoms with E-state index in [9.17, 15) is 4.79 Å². The summed E-state index contributed by atoms with van der Waals surface area (Å²) in [7, 11) is 0. The Hall–Kier alpha value is -3.14. The number of carbonyl (C=O) groups is 1. The molecule has 4 rings (SSSR count). The molecule has 2 heterocycles. The first-order chi connectivity index (χ1) is 15.2. The number of carbonyl (C=O) groups excluding carboxylic acids is 1. The summed E-state index contributed by atoms with van der Waals surface area (Å²) in [5.41, 5.74) is 4.98. The molecule has 0 atom stereocenters. The van der Waals surface area contributed by atoms with E-state index in [1.165, 1.54) is 22.4 Å². The van der Waals surface area contributed by atoms with Crippen LogP contribution in [0.25, 0.3) is 0 Å². The molecule has 1 saturated heterocycles. The standard InChI is InChI=1S/C27H30N2O2/c1-2-31-26(30)29-18-15-27(16-19-29,24-13-7-4-8-14-24)25-21-23(12-9-17-28-25)20-22-10-5-3-6-11-22/h3-14,17H,2,15-16,18-21H2,1H3. The number of piperidine rings is 1. The lowest BCUT2D eigenvalue weighted by Gasteiger charge is -2.43. The van der Waals surface area contributed by atoms with Gasteiger partial charge in [0.2, 0.25) is 0 Å². The minimum absolute atomic E-state index is 0.172. The maximum Gasteiger partial charge on any atom is 0.409 e. The smallest absolute Gasteiger partial charge is 0.409 e. The minimum Gasteiger partial charge on any atom is -0.450 e. The van der Waals surface area contributed by atoms with Crippen molar-refractivity contribution >= 4 is 11.8 Å². The molecule has 0 aromatic heterocycles. The zero-order chi connectivity index (χ0) is 21.5. The fourth-order valence-electron chi connectivity index (χ4n) is 4.69. The molecule has 0 unspecified atom stereocenters. The number of hydrogen-bond acceptors (Lipinski definition) is 3. The second-order valence-electron chi connectivity index (χ2n) is 8.22. The molecular weight excluding hydrogens is 384 g/mol. The lowest BCUT2D eigenvalue weighted by molar-refractivity contribution is 0.0930.